The topological polar surface area (TPSA) is 66.5 Å². The van der Waals surface area contributed by atoms with Gasteiger partial charge in [0.1, 0.15) is 0 Å². The molecule has 1 fully saturated rings. The molecule has 126 valence electrons. The lowest BCUT2D eigenvalue weighted by Gasteiger charge is -2.26. The fourth-order valence-corrected chi connectivity index (χ4v) is 2.57. The lowest BCUT2D eigenvalue weighted by atomic mass is 10.1. The highest BCUT2D eigenvalue weighted by atomic mass is 16.5. The number of hydrogen-bond donors (Lipinski definition) is 2. The van der Waals surface area contributed by atoms with Gasteiger partial charge in [0.25, 0.3) is 0 Å². The average Bonchev–Trinajstić information content (AvgIpc) is 2.63. The monoisotopic (exact) mass is 326 g/mol. The lowest BCUT2D eigenvalue weighted by Crippen LogP contribution is -2.35. The third-order valence-electron chi connectivity index (χ3n) is 3.92. The number of nitrogens with zero attached hydrogens (tertiary/aromatic N) is 2. The van der Waals surface area contributed by atoms with Crippen molar-refractivity contribution in [1.29, 1.82) is 0 Å². The van der Waals surface area contributed by atoms with Crippen LogP contribution < -0.4 is 10.6 Å². The maximum absolute atomic E-state index is 11.9. The van der Waals surface area contributed by atoms with Gasteiger partial charge in [0.15, 0.2) is 0 Å². The lowest BCUT2D eigenvalue weighted by molar-refractivity contribution is 0.0342. The molecule has 2 amide bonds. The summed E-state index contributed by atoms with van der Waals surface area (Å²) in [4.78, 5) is 18.2. The molecule has 0 atom stereocenters. The van der Waals surface area contributed by atoms with Crippen LogP contribution in [0.3, 0.4) is 0 Å². The molecule has 0 radical (unpaired) electrons. The molecular weight excluding hydrogens is 304 g/mol. The smallest absolute Gasteiger partial charge is 0.319 e. The number of hydrogen-bond acceptors (Lipinski definition) is 4. The molecular formula is C18H22N4O2. The normalized spacial score (nSPS) is 15.0. The van der Waals surface area contributed by atoms with Gasteiger partial charge in [-0.2, -0.15) is 0 Å². The van der Waals surface area contributed by atoms with Crippen molar-refractivity contribution in [1.82, 2.24) is 15.2 Å². The minimum Gasteiger partial charge on any atom is -0.379 e. The SMILES string of the molecule is O=C(NCc1ccc(CN2CCOCC2)cc1)Nc1ccncc1. The first-order chi connectivity index (χ1) is 11.8. The summed E-state index contributed by atoms with van der Waals surface area (Å²) in [6.45, 7) is 5.04. The summed E-state index contributed by atoms with van der Waals surface area (Å²) in [6, 6.07) is 11.6. The van der Waals surface area contributed by atoms with E-state index in [4.69, 9.17) is 4.74 Å². The molecule has 2 heterocycles. The van der Waals surface area contributed by atoms with E-state index in [1.807, 2.05) is 0 Å². The molecule has 24 heavy (non-hydrogen) atoms. The van der Waals surface area contributed by atoms with Crippen LogP contribution in [0.1, 0.15) is 11.1 Å². The largest absolute Gasteiger partial charge is 0.379 e. The van der Waals surface area contributed by atoms with Gasteiger partial charge in [-0.25, -0.2) is 4.79 Å². The summed E-state index contributed by atoms with van der Waals surface area (Å²) >= 11 is 0. The van der Waals surface area contributed by atoms with Crippen molar-refractivity contribution in [2.75, 3.05) is 31.6 Å². The minimum atomic E-state index is -0.224. The van der Waals surface area contributed by atoms with E-state index in [0.29, 0.717) is 6.54 Å². The number of benzene rings is 1. The van der Waals surface area contributed by atoms with Gasteiger partial charge in [0.05, 0.1) is 13.2 Å². The Labute approximate surface area is 141 Å². The molecule has 0 spiro atoms. The Kier molecular flexibility index (Phi) is 5.76. The Hall–Kier alpha value is -2.44. The maximum atomic E-state index is 11.9. The molecule has 2 N–H and O–H groups in total. The van der Waals surface area contributed by atoms with Gasteiger partial charge in [0, 0.05) is 44.3 Å². The molecule has 2 aromatic rings. The number of nitrogens with one attached hydrogen (secondary N) is 2. The van der Waals surface area contributed by atoms with Gasteiger partial charge in [-0.15, -0.1) is 0 Å². The van der Waals surface area contributed by atoms with Crippen LogP contribution in [0.2, 0.25) is 0 Å². The highest BCUT2D eigenvalue weighted by molar-refractivity contribution is 5.88. The van der Waals surface area contributed by atoms with Crippen molar-refractivity contribution >= 4 is 11.7 Å². The quantitative estimate of drug-likeness (QED) is 0.884. The molecule has 1 aromatic carbocycles. The van der Waals surface area contributed by atoms with Crippen LogP contribution >= 0.6 is 0 Å². The molecule has 0 unspecified atom stereocenters. The van der Waals surface area contributed by atoms with E-state index < -0.39 is 0 Å². The minimum absolute atomic E-state index is 0.224. The van der Waals surface area contributed by atoms with Crippen LogP contribution in [-0.4, -0.2) is 42.2 Å². The number of rotatable bonds is 5. The van der Waals surface area contributed by atoms with Crippen molar-refractivity contribution < 1.29 is 9.53 Å². The fourth-order valence-electron chi connectivity index (χ4n) is 2.57. The number of carbonyl (C=O) groups excluding carboxylic acids is 1. The molecule has 1 aromatic heterocycles. The highest BCUT2D eigenvalue weighted by Crippen LogP contribution is 2.09. The second-order valence-electron chi connectivity index (χ2n) is 5.75. The number of amides is 2. The zero-order valence-electron chi connectivity index (χ0n) is 13.6. The number of carbonyl (C=O) groups is 1. The highest BCUT2D eigenvalue weighted by Gasteiger charge is 2.10. The van der Waals surface area contributed by atoms with Crippen molar-refractivity contribution in [3.8, 4) is 0 Å². The molecule has 3 rings (SSSR count). The zero-order valence-corrected chi connectivity index (χ0v) is 13.6. The average molecular weight is 326 g/mol. The maximum Gasteiger partial charge on any atom is 0.319 e. The summed E-state index contributed by atoms with van der Waals surface area (Å²) in [6.07, 6.45) is 3.28. The first-order valence-electron chi connectivity index (χ1n) is 8.12. The first-order valence-corrected chi connectivity index (χ1v) is 8.12. The Morgan fingerprint density at radius 1 is 1.04 bits per heavy atom. The fraction of sp³-hybridized carbons (Fsp3) is 0.333. The molecule has 1 aliphatic rings. The van der Waals surface area contributed by atoms with E-state index in [1.165, 1.54) is 5.56 Å². The van der Waals surface area contributed by atoms with Gasteiger partial charge >= 0.3 is 6.03 Å². The van der Waals surface area contributed by atoms with Crippen LogP contribution in [0.15, 0.2) is 48.8 Å². The number of pyridine rings is 1. The number of ether oxygens (including phenoxy) is 1. The van der Waals surface area contributed by atoms with Crippen LogP contribution in [0, 0.1) is 0 Å². The predicted molar refractivity (Wildman–Crippen MR) is 92.6 cm³/mol. The Morgan fingerprint density at radius 3 is 2.42 bits per heavy atom. The van der Waals surface area contributed by atoms with E-state index in [-0.39, 0.29) is 6.03 Å². The number of urea groups is 1. The van der Waals surface area contributed by atoms with Gasteiger partial charge in [-0.05, 0) is 23.3 Å². The summed E-state index contributed by atoms with van der Waals surface area (Å²) in [7, 11) is 0. The zero-order chi connectivity index (χ0) is 16.6. The van der Waals surface area contributed by atoms with E-state index in [2.05, 4.69) is 44.8 Å². The molecule has 1 saturated heterocycles. The van der Waals surface area contributed by atoms with E-state index in [0.717, 1.165) is 44.1 Å². The van der Waals surface area contributed by atoms with Gasteiger partial charge in [-0.1, -0.05) is 24.3 Å². The van der Waals surface area contributed by atoms with Gasteiger partial charge in [-0.3, -0.25) is 9.88 Å². The molecule has 0 aliphatic carbocycles. The predicted octanol–water partition coefficient (Wildman–Crippen LogP) is 2.24. The third-order valence-corrected chi connectivity index (χ3v) is 3.92. The first kappa shape index (κ1) is 16.4. The summed E-state index contributed by atoms with van der Waals surface area (Å²) in [5.74, 6) is 0. The van der Waals surface area contributed by atoms with Crippen molar-refractivity contribution in [2.24, 2.45) is 0 Å². The Balaban J connectivity index is 1.44. The Morgan fingerprint density at radius 2 is 1.71 bits per heavy atom. The van der Waals surface area contributed by atoms with Crippen molar-refractivity contribution in [3.05, 3.63) is 59.9 Å². The Bertz CT molecular complexity index is 640. The third kappa shape index (κ3) is 5.04. The van der Waals surface area contributed by atoms with Crippen LogP contribution in [0.4, 0.5) is 10.5 Å². The standard InChI is InChI=1S/C18H22N4O2/c23-18(21-17-5-7-19-8-6-17)20-13-15-1-3-16(4-2-15)14-22-9-11-24-12-10-22/h1-8H,9-14H2,(H2,19,20,21,23). The van der Waals surface area contributed by atoms with E-state index in [9.17, 15) is 4.79 Å². The van der Waals surface area contributed by atoms with E-state index in [1.54, 1.807) is 24.5 Å². The van der Waals surface area contributed by atoms with Gasteiger partial charge in [0.2, 0.25) is 0 Å². The number of morpholine rings is 1. The summed E-state index contributed by atoms with van der Waals surface area (Å²) in [5, 5.41) is 5.62. The van der Waals surface area contributed by atoms with Crippen molar-refractivity contribution in [2.45, 2.75) is 13.1 Å². The van der Waals surface area contributed by atoms with Crippen LogP contribution in [0.25, 0.3) is 0 Å². The van der Waals surface area contributed by atoms with Crippen molar-refractivity contribution in [3.63, 3.8) is 0 Å². The molecule has 1 aliphatic heterocycles. The number of anilines is 1. The molecule has 6 nitrogen and oxygen atoms in total. The molecule has 0 bridgehead atoms. The molecule has 6 heteroatoms. The van der Waals surface area contributed by atoms with Gasteiger partial charge < -0.3 is 15.4 Å². The molecule has 0 saturated carbocycles. The van der Waals surface area contributed by atoms with Crippen LogP contribution in [-0.2, 0) is 17.8 Å². The second kappa shape index (κ2) is 8.42. The summed E-state index contributed by atoms with van der Waals surface area (Å²) < 4.78 is 5.36. The summed E-state index contributed by atoms with van der Waals surface area (Å²) in [5.41, 5.74) is 3.08. The van der Waals surface area contributed by atoms with Crippen LogP contribution in [0.5, 0.6) is 0 Å². The van der Waals surface area contributed by atoms with E-state index >= 15 is 0 Å². The second-order valence-corrected chi connectivity index (χ2v) is 5.75. The number of aromatic nitrogens is 1.